The summed E-state index contributed by atoms with van der Waals surface area (Å²) in [5, 5.41) is 2.42. The summed E-state index contributed by atoms with van der Waals surface area (Å²) in [7, 11) is 2.43. The zero-order chi connectivity index (χ0) is 12.7. The van der Waals surface area contributed by atoms with Crippen LogP contribution < -0.4 is 5.32 Å². The monoisotopic (exact) mass is 231 g/mol. The Kier molecular flexibility index (Phi) is 6.14. The van der Waals surface area contributed by atoms with E-state index >= 15 is 0 Å². The average Bonchev–Trinajstić information content (AvgIpc) is 2.24. The Bertz CT molecular complexity index is 274. The molecule has 0 bridgehead atoms. The van der Waals surface area contributed by atoms with Crippen LogP contribution in [0.3, 0.4) is 0 Å². The molecule has 0 rings (SSSR count). The van der Waals surface area contributed by atoms with Crippen molar-refractivity contribution in [3.05, 3.63) is 0 Å². The van der Waals surface area contributed by atoms with Gasteiger partial charge in [0.2, 0.25) is 5.91 Å². The van der Waals surface area contributed by atoms with Gasteiger partial charge < -0.3 is 14.8 Å². The molecule has 0 spiro atoms. The van der Waals surface area contributed by atoms with Crippen molar-refractivity contribution in [2.24, 2.45) is 5.92 Å². The van der Waals surface area contributed by atoms with Crippen LogP contribution in [0.1, 0.15) is 20.3 Å². The summed E-state index contributed by atoms with van der Waals surface area (Å²) >= 11 is 0. The van der Waals surface area contributed by atoms with E-state index < -0.39 is 30.3 Å². The lowest BCUT2D eigenvalue weighted by Crippen LogP contribution is -2.45. The quantitative estimate of drug-likeness (QED) is 0.526. The molecule has 0 heterocycles. The molecule has 1 amide bonds. The number of carbonyl (C=O) groups is 3. The highest BCUT2D eigenvalue weighted by molar-refractivity contribution is 5.96. The van der Waals surface area contributed by atoms with E-state index in [-0.39, 0.29) is 5.92 Å². The van der Waals surface area contributed by atoms with Gasteiger partial charge in [0.25, 0.3) is 0 Å². The predicted octanol–water partition coefficient (Wildman–Crippen LogP) is -0.137. The molecule has 0 aliphatic carbocycles. The van der Waals surface area contributed by atoms with E-state index in [0.29, 0.717) is 0 Å². The minimum absolute atomic E-state index is 0.117. The van der Waals surface area contributed by atoms with Gasteiger partial charge in [-0.05, 0) is 5.92 Å². The van der Waals surface area contributed by atoms with Crippen LogP contribution in [0.2, 0.25) is 0 Å². The molecule has 0 saturated carbocycles. The fraction of sp³-hybridized carbons (Fsp3) is 0.700. The van der Waals surface area contributed by atoms with E-state index in [1.54, 1.807) is 13.8 Å². The van der Waals surface area contributed by atoms with Gasteiger partial charge in [0.1, 0.15) is 12.5 Å². The van der Waals surface area contributed by atoms with Crippen LogP contribution in [-0.4, -0.2) is 38.1 Å². The van der Waals surface area contributed by atoms with Crippen molar-refractivity contribution >= 4 is 17.8 Å². The molecule has 0 aromatic heterocycles. The fourth-order valence-electron chi connectivity index (χ4n) is 1.05. The molecule has 0 aliphatic heterocycles. The largest absolute Gasteiger partial charge is 0.469 e. The van der Waals surface area contributed by atoms with Gasteiger partial charge in [0, 0.05) is 0 Å². The number of esters is 2. The van der Waals surface area contributed by atoms with Crippen LogP contribution in [0.25, 0.3) is 0 Å². The first-order valence-electron chi connectivity index (χ1n) is 4.86. The maximum atomic E-state index is 11.3. The molecule has 1 N–H and O–H groups in total. The van der Waals surface area contributed by atoms with Gasteiger partial charge in [-0.3, -0.25) is 9.59 Å². The second-order valence-electron chi connectivity index (χ2n) is 3.57. The fourth-order valence-corrected chi connectivity index (χ4v) is 1.05. The van der Waals surface area contributed by atoms with Gasteiger partial charge in [-0.15, -0.1) is 0 Å². The summed E-state index contributed by atoms with van der Waals surface area (Å²) in [5.41, 5.74) is 0. The maximum absolute atomic E-state index is 11.3. The Morgan fingerprint density at radius 3 is 2.06 bits per heavy atom. The molecule has 92 valence electrons. The molecular formula is C10H17NO5. The van der Waals surface area contributed by atoms with Gasteiger partial charge in [-0.2, -0.15) is 0 Å². The highest BCUT2D eigenvalue weighted by Gasteiger charge is 2.25. The number of methoxy groups -OCH3 is 2. The number of hydrogen-bond donors (Lipinski definition) is 1. The lowest BCUT2D eigenvalue weighted by molar-refractivity contribution is -0.149. The standard InChI is InChI=1S/C10H17NO5/c1-6(2)9(10(14)16-4)11-7(12)5-8(13)15-3/h6,9H,5H2,1-4H3,(H,11,12)/t9-/m1/s1. The third-order valence-corrected chi connectivity index (χ3v) is 1.97. The number of ether oxygens (including phenoxy) is 2. The molecule has 0 unspecified atom stereocenters. The van der Waals surface area contributed by atoms with Crippen molar-refractivity contribution in [2.75, 3.05) is 14.2 Å². The molecule has 0 radical (unpaired) electrons. The summed E-state index contributed by atoms with van der Waals surface area (Å²) in [6, 6.07) is -0.748. The van der Waals surface area contributed by atoms with Crippen LogP contribution >= 0.6 is 0 Å². The summed E-state index contributed by atoms with van der Waals surface area (Å²) < 4.78 is 8.87. The van der Waals surface area contributed by atoms with E-state index in [0.717, 1.165) is 0 Å². The Hall–Kier alpha value is -1.59. The van der Waals surface area contributed by atoms with Crippen LogP contribution in [-0.2, 0) is 23.9 Å². The Morgan fingerprint density at radius 1 is 1.12 bits per heavy atom. The average molecular weight is 231 g/mol. The molecule has 0 fully saturated rings. The van der Waals surface area contributed by atoms with Gasteiger partial charge in [0.05, 0.1) is 14.2 Å². The van der Waals surface area contributed by atoms with Gasteiger partial charge in [-0.25, -0.2) is 4.79 Å². The van der Waals surface area contributed by atoms with Gasteiger partial charge >= 0.3 is 11.9 Å². The second kappa shape index (κ2) is 6.81. The zero-order valence-electron chi connectivity index (χ0n) is 9.90. The van der Waals surface area contributed by atoms with E-state index in [4.69, 9.17) is 0 Å². The Labute approximate surface area is 94.3 Å². The van der Waals surface area contributed by atoms with E-state index in [1.165, 1.54) is 14.2 Å². The number of hydrogen-bond acceptors (Lipinski definition) is 5. The SMILES string of the molecule is COC(=O)CC(=O)N[C@@H](C(=O)OC)C(C)C. The number of rotatable bonds is 5. The van der Waals surface area contributed by atoms with Crippen molar-refractivity contribution in [3.8, 4) is 0 Å². The number of nitrogens with one attached hydrogen (secondary N) is 1. The molecule has 0 saturated heterocycles. The highest BCUT2D eigenvalue weighted by atomic mass is 16.5. The van der Waals surface area contributed by atoms with Crippen LogP contribution in [0, 0.1) is 5.92 Å². The zero-order valence-corrected chi connectivity index (χ0v) is 9.90. The third-order valence-electron chi connectivity index (χ3n) is 1.97. The highest BCUT2D eigenvalue weighted by Crippen LogP contribution is 2.04. The summed E-state index contributed by atoms with van der Waals surface area (Å²) in [6.07, 6.45) is -0.406. The summed E-state index contributed by atoms with van der Waals surface area (Å²) in [5.74, 6) is -1.86. The van der Waals surface area contributed by atoms with Crippen LogP contribution in [0.5, 0.6) is 0 Å². The lowest BCUT2D eigenvalue weighted by Gasteiger charge is -2.19. The third kappa shape index (κ3) is 4.77. The molecule has 0 aliphatic rings. The smallest absolute Gasteiger partial charge is 0.328 e. The maximum Gasteiger partial charge on any atom is 0.328 e. The van der Waals surface area contributed by atoms with Crippen LogP contribution in [0.15, 0.2) is 0 Å². The predicted molar refractivity (Wildman–Crippen MR) is 55.4 cm³/mol. The minimum Gasteiger partial charge on any atom is -0.469 e. The molecule has 16 heavy (non-hydrogen) atoms. The number of amides is 1. The summed E-state index contributed by atoms with van der Waals surface area (Å²) in [6.45, 7) is 3.53. The second-order valence-corrected chi connectivity index (χ2v) is 3.57. The van der Waals surface area contributed by atoms with Crippen molar-refractivity contribution < 1.29 is 23.9 Å². The Balaban J connectivity index is 4.35. The molecule has 6 heteroatoms. The molecule has 1 atom stereocenters. The van der Waals surface area contributed by atoms with Crippen molar-refractivity contribution in [1.29, 1.82) is 0 Å². The molecular weight excluding hydrogens is 214 g/mol. The molecule has 6 nitrogen and oxygen atoms in total. The van der Waals surface area contributed by atoms with Gasteiger partial charge in [0.15, 0.2) is 0 Å². The first-order chi connectivity index (χ1) is 7.42. The summed E-state index contributed by atoms with van der Waals surface area (Å²) in [4.78, 5) is 33.4. The van der Waals surface area contributed by atoms with Gasteiger partial charge in [-0.1, -0.05) is 13.8 Å². The van der Waals surface area contributed by atoms with E-state index in [1.807, 2.05) is 0 Å². The minimum atomic E-state index is -0.748. The van der Waals surface area contributed by atoms with E-state index in [2.05, 4.69) is 14.8 Å². The first kappa shape index (κ1) is 14.4. The van der Waals surface area contributed by atoms with E-state index in [9.17, 15) is 14.4 Å². The van der Waals surface area contributed by atoms with Crippen molar-refractivity contribution in [1.82, 2.24) is 5.32 Å². The molecule has 0 aromatic carbocycles. The topological polar surface area (TPSA) is 81.7 Å². The van der Waals surface area contributed by atoms with Crippen molar-refractivity contribution in [2.45, 2.75) is 26.3 Å². The van der Waals surface area contributed by atoms with Crippen molar-refractivity contribution in [3.63, 3.8) is 0 Å². The number of carbonyl (C=O) groups excluding carboxylic acids is 3. The lowest BCUT2D eigenvalue weighted by atomic mass is 10.0. The molecule has 0 aromatic rings. The van der Waals surface area contributed by atoms with Crippen LogP contribution in [0.4, 0.5) is 0 Å². The Morgan fingerprint density at radius 2 is 1.69 bits per heavy atom. The normalized spacial score (nSPS) is 11.8. The first-order valence-corrected chi connectivity index (χ1v) is 4.86.